The van der Waals surface area contributed by atoms with Crippen molar-refractivity contribution in [2.45, 2.75) is 65.6 Å². The number of benzene rings is 2. The molecule has 5 heteroatoms. The molecule has 0 saturated carbocycles. The molecule has 0 fully saturated rings. The van der Waals surface area contributed by atoms with Crippen molar-refractivity contribution in [3.05, 3.63) is 65.2 Å². The maximum Gasteiger partial charge on any atom is 0.243 e. The molecular weight excluding hydrogens is 376 g/mol. The fourth-order valence-corrected chi connectivity index (χ4v) is 3.40. The van der Waals surface area contributed by atoms with Gasteiger partial charge in [0.05, 0.1) is 13.5 Å². The number of carbonyl (C=O) groups is 2. The van der Waals surface area contributed by atoms with E-state index in [9.17, 15) is 9.59 Å². The van der Waals surface area contributed by atoms with Crippen LogP contribution in [-0.2, 0) is 22.6 Å². The molecule has 2 aromatic carbocycles. The molecule has 0 aromatic heterocycles. The summed E-state index contributed by atoms with van der Waals surface area (Å²) in [6.07, 6.45) is 0.775. The zero-order valence-corrected chi connectivity index (χ0v) is 19.0. The predicted molar refractivity (Wildman–Crippen MR) is 120 cm³/mol. The van der Waals surface area contributed by atoms with Crippen molar-refractivity contribution in [2.24, 2.45) is 0 Å². The van der Waals surface area contributed by atoms with E-state index in [-0.39, 0.29) is 23.8 Å². The second-order valence-electron chi connectivity index (χ2n) is 8.70. The number of nitrogens with one attached hydrogen (secondary N) is 1. The summed E-state index contributed by atoms with van der Waals surface area (Å²) in [4.78, 5) is 28.1. The maximum absolute atomic E-state index is 13.3. The SMILES string of the molecule is CC[C@H](C(=O)NC(C)(C)C)N(Cc1cccc(C)c1)C(=O)Cc1ccc(OC)cc1. The summed E-state index contributed by atoms with van der Waals surface area (Å²) in [7, 11) is 1.61. The largest absolute Gasteiger partial charge is 0.497 e. The first-order chi connectivity index (χ1) is 14.1. The lowest BCUT2D eigenvalue weighted by Gasteiger charge is -2.33. The van der Waals surface area contributed by atoms with Gasteiger partial charge in [0.25, 0.3) is 0 Å². The van der Waals surface area contributed by atoms with E-state index >= 15 is 0 Å². The number of amides is 2. The van der Waals surface area contributed by atoms with Crippen molar-refractivity contribution < 1.29 is 14.3 Å². The van der Waals surface area contributed by atoms with Crippen LogP contribution in [0.15, 0.2) is 48.5 Å². The highest BCUT2D eigenvalue weighted by atomic mass is 16.5. The van der Waals surface area contributed by atoms with Gasteiger partial charge in [0.1, 0.15) is 11.8 Å². The molecule has 0 unspecified atom stereocenters. The molecule has 5 nitrogen and oxygen atoms in total. The van der Waals surface area contributed by atoms with Crippen molar-refractivity contribution in [2.75, 3.05) is 7.11 Å². The Morgan fingerprint density at radius 3 is 2.27 bits per heavy atom. The van der Waals surface area contributed by atoms with Crippen LogP contribution in [0, 0.1) is 6.92 Å². The van der Waals surface area contributed by atoms with Gasteiger partial charge in [-0.05, 0) is 57.4 Å². The zero-order chi connectivity index (χ0) is 22.3. The van der Waals surface area contributed by atoms with E-state index in [1.165, 1.54) is 0 Å². The Hall–Kier alpha value is -2.82. The maximum atomic E-state index is 13.3. The van der Waals surface area contributed by atoms with Crippen molar-refractivity contribution in [3.63, 3.8) is 0 Å². The standard InChI is InChI=1S/C25H34N2O3/c1-7-22(24(29)26-25(3,4)5)27(17-20-10-8-9-18(2)15-20)23(28)16-19-11-13-21(30-6)14-12-19/h8-15,22H,7,16-17H2,1-6H3,(H,26,29)/t22-/m1/s1. The second-order valence-corrected chi connectivity index (χ2v) is 8.70. The third-order valence-electron chi connectivity index (χ3n) is 4.83. The van der Waals surface area contributed by atoms with Gasteiger partial charge in [-0.25, -0.2) is 0 Å². The van der Waals surface area contributed by atoms with Gasteiger partial charge in [-0.1, -0.05) is 48.9 Å². The summed E-state index contributed by atoms with van der Waals surface area (Å²) >= 11 is 0. The Balaban J connectivity index is 2.30. The van der Waals surface area contributed by atoms with E-state index in [2.05, 4.69) is 11.4 Å². The molecule has 162 valence electrons. The van der Waals surface area contributed by atoms with Gasteiger partial charge in [0.2, 0.25) is 11.8 Å². The van der Waals surface area contributed by atoms with Crippen molar-refractivity contribution in [1.29, 1.82) is 0 Å². The Morgan fingerprint density at radius 2 is 1.73 bits per heavy atom. The lowest BCUT2D eigenvalue weighted by atomic mass is 10.0. The van der Waals surface area contributed by atoms with E-state index in [1.54, 1.807) is 12.0 Å². The number of carbonyl (C=O) groups excluding carboxylic acids is 2. The molecule has 1 N–H and O–H groups in total. The van der Waals surface area contributed by atoms with E-state index in [4.69, 9.17) is 4.74 Å². The molecule has 0 heterocycles. The summed E-state index contributed by atoms with van der Waals surface area (Å²) in [6.45, 7) is 10.2. The molecule has 2 rings (SSSR count). The molecule has 0 spiro atoms. The number of hydrogen-bond donors (Lipinski definition) is 1. The Labute approximate surface area is 180 Å². The normalized spacial score (nSPS) is 12.2. The van der Waals surface area contributed by atoms with Crippen LogP contribution in [-0.4, -0.2) is 35.4 Å². The zero-order valence-electron chi connectivity index (χ0n) is 19.0. The first-order valence-electron chi connectivity index (χ1n) is 10.4. The highest BCUT2D eigenvalue weighted by molar-refractivity contribution is 5.88. The number of hydrogen-bond acceptors (Lipinski definition) is 3. The van der Waals surface area contributed by atoms with Crippen LogP contribution >= 0.6 is 0 Å². The summed E-state index contributed by atoms with van der Waals surface area (Å²) in [6, 6.07) is 15.0. The summed E-state index contributed by atoms with van der Waals surface area (Å²) in [5.41, 5.74) is 2.67. The average molecular weight is 411 g/mol. The summed E-state index contributed by atoms with van der Waals surface area (Å²) < 4.78 is 5.20. The molecule has 0 radical (unpaired) electrons. The van der Waals surface area contributed by atoms with Gasteiger partial charge in [0.15, 0.2) is 0 Å². The van der Waals surface area contributed by atoms with Gasteiger partial charge in [-0.3, -0.25) is 9.59 Å². The Kier molecular flexibility index (Phi) is 8.04. The van der Waals surface area contributed by atoms with Crippen LogP contribution in [0.4, 0.5) is 0 Å². The number of aryl methyl sites for hydroxylation is 1. The van der Waals surface area contributed by atoms with Crippen LogP contribution in [0.2, 0.25) is 0 Å². The number of nitrogens with zero attached hydrogens (tertiary/aromatic N) is 1. The topological polar surface area (TPSA) is 58.6 Å². The van der Waals surface area contributed by atoms with Crippen LogP contribution in [0.3, 0.4) is 0 Å². The third-order valence-corrected chi connectivity index (χ3v) is 4.83. The number of ether oxygens (including phenoxy) is 1. The lowest BCUT2D eigenvalue weighted by molar-refractivity contribution is -0.141. The van der Waals surface area contributed by atoms with Crippen LogP contribution in [0.5, 0.6) is 5.75 Å². The highest BCUT2D eigenvalue weighted by Gasteiger charge is 2.30. The minimum atomic E-state index is -0.532. The van der Waals surface area contributed by atoms with Gasteiger partial charge in [-0.15, -0.1) is 0 Å². The minimum Gasteiger partial charge on any atom is -0.497 e. The molecule has 0 aliphatic rings. The monoisotopic (exact) mass is 410 g/mol. The predicted octanol–water partition coefficient (Wildman–Crippen LogP) is 4.27. The first-order valence-corrected chi connectivity index (χ1v) is 10.4. The molecular formula is C25H34N2O3. The van der Waals surface area contributed by atoms with Gasteiger partial charge in [0, 0.05) is 12.1 Å². The van der Waals surface area contributed by atoms with Gasteiger partial charge < -0.3 is 15.0 Å². The molecule has 0 saturated heterocycles. The fourth-order valence-electron chi connectivity index (χ4n) is 3.40. The number of rotatable bonds is 8. The summed E-state index contributed by atoms with van der Waals surface area (Å²) in [5, 5.41) is 3.03. The number of methoxy groups -OCH3 is 1. The quantitative estimate of drug-likeness (QED) is 0.707. The average Bonchev–Trinajstić information content (AvgIpc) is 2.67. The molecule has 0 aliphatic carbocycles. The molecule has 2 aromatic rings. The van der Waals surface area contributed by atoms with Crippen molar-refractivity contribution >= 4 is 11.8 Å². The molecule has 0 bridgehead atoms. The Morgan fingerprint density at radius 1 is 1.07 bits per heavy atom. The second kappa shape index (κ2) is 10.3. The first kappa shape index (κ1) is 23.5. The Bertz CT molecular complexity index is 853. The third kappa shape index (κ3) is 6.90. The van der Waals surface area contributed by atoms with Gasteiger partial charge in [-0.2, -0.15) is 0 Å². The van der Waals surface area contributed by atoms with Crippen LogP contribution < -0.4 is 10.1 Å². The van der Waals surface area contributed by atoms with Crippen LogP contribution in [0.1, 0.15) is 50.8 Å². The van der Waals surface area contributed by atoms with E-state index in [1.807, 2.05) is 77.1 Å². The lowest BCUT2D eigenvalue weighted by Crippen LogP contribution is -2.53. The van der Waals surface area contributed by atoms with Crippen molar-refractivity contribution in [1.82, 2.24) is 10.2 Å². The van der Waals surface area contributed by atoms with E-state index in [0.29, 0.717) is 13.0 Å². The van der Waals surface area contributed by atoms with Crippen molar-refractivity contribution in [3.8, 4) is 5.75 Å². The highest BCUT2D eigenvalue weighted by Crippen LogP contribution is 2.18. The molecule has 30 heavy (non-hydrogen) atoms. The van der Waals surface area contributed by atoms with Gasteiger partial charge >= 0.3 is 0 Å². The van der Waals surface area contributed by atoms with Crippen LogP contribution in [0.25, 0.3) is 0 Å². The smallest absolute Gasteiger partial charge is 0.243 e. The van der Waals surface area contributed by atoms with E-state index in [0.717, 1.165) is 22.4 Å². The van der Waals surface area contributed by atoms with E-state index < -0.39 is 6.04 Å². The summed E-state index contributed by atoms with van der Waals surface area (Å²) in [5.74, 6) is 0.553. The molecule has 2 amide bonds. The minimum absolute atomic E-state index is 0.0717. The fraction of sp³-hybridized carbons (Fsp3) is 0.440. The molecule has 0 aliphatic heterocycles. The molecule has 1 atom stereocenters.